The van der Waals surface area contributed by atoms with E-state index in [0.29, 0.717) is 19.0 Å². The predicted molar refractivity (Wildman–Crippen MR) is 63.6 cm³/mol. The zero-order valence-electron chi connectivity index (χ0n) is 9.05. The molecule has 0 amide bonds. The van der Waals surface area contributed by atoms with Gasteiger partial charge in [0.25, 0.3) is 0 Å². The maximum absolute atomic E-state index is 11.3. The molecule has 0 aromatic carbocycles. The molecule has 1 rings (SSSR count). The Kier molecular flexibility index (Phi) is 5.38. The van der Waals surface area contributed by atoms with E-state index in [1.807, 2.05) is 0 Å². The molecule has 15 heavy (non-hydrogen) atoms. The lowest BCUT2D eigenvalue weighted by Crippen LogP contribution is -2.39. The van der Waals surface area contributed by atoms with Crippen molar-refractivity contribution >= 4 is 21.8 Å². The van der Waals surface area contributed by atoms with Gasteiger partial charge >= 0.3 is 0 Å². The number of aliphatic hydroxyl groups is 1. The maximum atomic E-state index is 11.3. The van der Waals surface area contributed by atoms with Crippen LogP contribution in [0.25, 0.3) is 0 Å². The Morgan fingerprint density at radius 1 is 1.53 bits per heavy atom. The molecule has 1 fully saturated rings. The molecule has 0 radical (unpaired) electrons. The summed E-state index contributed by atoms with van der Waals surface area (Å²) in [6.07, 6.45) is 3.33. The summed E-state index contributed by atoms with van der Waals surface area (Å²) >= 11 is 1.70. The number of hydrogen-bond donors (Lipinski definition) is 1. The largest absolute Gasteiger partial charge is 0.396 e. The van der Waals surface area contributed by atoms with E-state index in [1.165, 1.54) is 6.26 Å². The monoisotopic (exact) mass is 253 g/mol. The fourth-order valence-corrected chi connectivity index (χ4v) is 3.62. The highest BCUT2D eigenvalue weighted by atomic mass is 32.2. The Morgan fingerprint density at radius 2 is 2.27 bits per heavy atom. The van der Waals surface area contributed by atoms with Crippen LogP contribution in [-0.4, -0.2) is 55.3 Å². The fourth-order valence-electron chi connectivity index (χ4n) is 1.78. The molecule has 0 spiro atoms. The number of hydrogen-bond acceptors (Lipinski definition) is 4. The highest BCUT2D eigenvalue weighted by Crippen LogP contribution is 2.22. The summed E-state index contributed by atoms with van der Waals surface area (Å²) in [6, 6.07) is 0. The molecule has 0 saturated carbocycles. The van der Waals surface area contributed by atoms with Crippen LogP contribution in [-0.2, 0) is 10.0 Å². The van der Waals surface area contributed by atoms with Crippen LogP contribution in [0.15, 0.2) is 0 Å². The first kappa shape index (κ1) is 13.3. The van der Waals surface area contributed by atoms with Crippen LogP contribution in [0.4, 0.5) is 0 Å². The lowest BCUT2D eigenvalue weighted by Gasteiger charge is -2.30. The Hall–Kier alpha value is 0.220. The third-order valence-corrected chi connectivity index (χ3v) is 4.99. The van der Waals surface area contributed by atoms with Gasteiger partial charge in [-0.25, -0.2) is 12.7 Å². The van der Waals surface area contributed by atoms with E-state index in [0.717, 1.165) is 24.3 Å². The quantitative estimate of drug-likeness (QED) is 0.720. The highest BCUT2D eigenvalue weighted by molar-refractivity contribution is 7.99. The molecule has 1 heterocycles. The summed E-state index contributed by atoms with van der Waals surface area (Å²) in [5.41, 5.74) is 0. The smallest absolute Gasteiger partial charge is 0.211 e. The van der Waals surface area contributed by atoms with E-state index in [2.05, 4.69) is 0 Å². The summed E-state index contributed by atoms with van der Waals surface area (Å²) in [5, 5.41) is 8.65. The molecule has 1 saturated heterocycles. The topological polar surface area (TPSA) is 57.6 Å². The van der Waals surface area contributed by atoms with Crippen molar-refractivity contribution in [2.75, 3.05) is 37.5 Å². The third-order valence-electron chi connectivity index (χ3n) is 2.54. The van der Waals surface area contributed by atoms with Gasteiger partial charge in [0, 0.05) is 18.8 Å². The molecule has 0 aromatic rings. The summed E-state index contributed by atoms with van der Waals surface area (Å²) in [4.78, 5) is 0. The van der Waals surface area contributed by atoms with Crippen molar-refractivity contribution in [2.24, 2.45) is 5.92 Å². The lowest BCUT2D eigenvalue weighted by atomic mass is 10.0. The fraction of sp³-hybridized carbons (Fsp3) is 1.00. The second-order valence-corrected chi connectivity index (χ2v) is 7.06. The van der Waals surface area contributed by atoms with Gasteiger partial charge in [0.05, 0.1) is 12.9 Å². The van der Waals surface area contributed by atoms with E-state index in [1.54, 1.807) is 16.1 Å². The molecule has 1 unspecified atom stereocenters. The number of aliphatic hydroxyl groups excluding tert-OH is 1. The van der Waals surface area contributed by atoms with Gasteiger partial charge in [0.15, 0.2) is 0 Å². The van der Waals surface area contributed by atoms with E-state index >= 15 is 0 Å². The van der Waals surface area contributed by atoms with Crippen LogP contribution >= 0.6 is 11.8 Å². The van der Waals surface area contributed by atoms with Gasteiger partial charge in [0.2, 0.25) is 10.0 Å². The Balaban J connectivity index is 2.36. The van der Waals surface area contributed by atoms with Gasteiger partial charge < -0.3 is 5.11 Å². The van der Waals surface area contributed by atoms with Crippen LogP contribution in [0.1, 0.15) is 12.8 Å². The van der Waals surface area contributed by atoms with Crippen molar-refractivity contribution in [3.63, 3.8) is 0 Å². The molecule has 1 aliphatic rings. The average Bonchev–Trinajstić information content (AvgIpc) is 2.17. The van der Waals surface area contributed by atoms with Gasteiger partial charge in [0.1, 0.15) is 0 Å². The first-order valence-corrected chi connectivity index (χ1v) is 8.18. The zero-order valence-corrected chi connectivity index (χ0v) is 10.7. The zero-order chi connectivity index (χ0) is 11.3. The summed E-state index contributed by atoms with van der Waals surface area (Å²) in [5.74, 6) is 2.15. The van der Waals surface area contributed by atoms with E-state index < -0.39 is 10.0 Å². The van der Waals surface area contributed by atoms with Gasteiger partial charge in [-0.2, -0.15) is 11.8 Å². The standard InChI is InChI=1S/C9H19NO3S2/c1-15(12,13)10-4-2-3-9(7-10)8-14-6-5-11/h9,11H,2-8H2,1H3. The summed E-state index contributed by atoms with van der Waals surface area (Å²) in [7, 11) is -3.01. The Morgan fingerprint density at radius 3 is 2.87 bits per heavy atom. The molecule has 6 heteroatoms. The summed E-state index contributed by atoms with van der Waals surface area (Å²) in [6.45, 7) is 1.52. The van der Waals surface area contributed by atoms with Crippen molar-refractivity contribution in [1.82, 2.24) is 4.31 Å². The summed E-state index contributed by atoms with van der Waals surface area (Å²) < 4.78 is 24.3. The maximum Gasteiger partial charge on any atom is 0.211 e. The number of piperidine rings is 1. The van der Waals surface area contributed by atoms with Crippen LogP contribution in [0.3, 0.4) is 0 Å². The third kappa shape index (κ3) is 4.72. The molecule has 0 aliphatic carbocycles. The van der Waals surface area contributed by atoms with E-state index in [9.17, 15) is 8.42 Å². The Bertz CT molecular complexity index is 279. The minimum Gasteiger partial charge on any atom is -0.396 e. The number of nitrogens with zero attached hydrogens (tertiary/aromatic N) is 1. The molecular formula is C9H19NO3S2. The average molecular weight is 253 g/mol. The molecule has 0 aromatic heterocycles. The normalized spacial score (nSPS) is 24.3. The van der Waals surface area contributed by atoms with E-state index in [-0.39, 0.29) is 6.61 Å². The predicted octanol–water partition coefficient (Wildman–Crippen LogP) is 0.384. The number of rotatable bonds is 5. The highest BCUT2D eigenvalue weighted by Gasteiger charge is 2.25. The number of thioether (sulfide) groups is 1. The molecule has 1 atom stereocenters. The first-order chi connectivity index (χ1) is 7.04. The molecular weight excluding hydrogens is 234 g/mol. The lowest BCUT2D eigenvalue weighted by molar-refractivity contribution is 0.285. The van der Waals surface area contributed by atoms with Gasteiger partial charge in [-0.1, -0.05) is 0 Å². The minimum atomic E-state index is -3.01. The van der Waals surface area contributed by atoms with Crippen molar-refractivity contribution in [2.45, 2.75) is 12.8 Å². The van der Waals surface area contributed by atoms with Crippen LogP contribution < -0.4 is 0 Å². The molecule has 1 N–H and O–H groups in total. The van der Waals surface area contributed by atoms with Gasteiger partial charge in [-0.3, -0.25) is 0 Å². The molecule has 90 valence electrons. The first-order valence-electron chi connectivity index (χ1n) is 5.17. The molecule has 0 bridgehead atoms. The van der Waals surface area contributed by atoms with Crippen molar-refractivity contribution in [3.05, 3.63) is 0 Å². The van der Waals surface area contributed by atoms with Crippen LogP contribution in [0.2, 0.25) is 0 Å². The van der Waals surface area contributed by atoms with Crippen molar-refractivity contribution < 1.29 is 13.5 Å². The second-order valence-electron chi connectivity index (χ2n) is 3.93. The molecule has 4 nitrogen and oxygen atoms in total. The molecule has 1 aliphatic heterocycles. The van der Waals surface area contributed by atoms with Crippen molar-refractivity contribution in [1.29, 1.82) is 0 Å². The minimum absolute atomic E-state index is 0.202. The second kappa shape index (κ2) is 6.08. The van der Waals surface area contributed by atoms with Crippen molar-refractivity contribution in [3.8, 4) is 0 Å². The van der Waals surface area contributed by atoms with E-state index in [4.69, 9.17) is 5.11 Å². The van der Waals surface area contributed by atoms with Crippen LogP contribution in [0.5, 0.6) is 0 Å². The Labute approximate surface area is 96.1 Å². The van der Waals surface area contributed by atoms with Gasteiger partial charge in [-0.15, -0.1) is 0 Å². The SMILES string of the molecule is CS(=O)(=O)N1CCCC(CSCCO)C1. The van der Waals surface area contributed by atoms with Gasteiger partial charge in [-0.05, 0) is 24.5 Å². The number of sulfonamides is 1. The van der Waals surface area contributed by atoms with Crippen LogP contribution in [0, 0.1) is 5.92 Å².